The monoisotopic (exact) mass is 638 g/mol. The van der Waals surface area contributed by atoms with Crippen LogP contribution in [0.4, 0.5) is 5.69 Å². The molecule has 11 heteroatoms. The van der Waals surface area contributed by atoms with Gasteiger partial charge in [-0.1, -0.05) is 32.4 Å². The van der Waals surface area contributed by atoms with Crippen molar-refractivity contribution in [3.05, 3.63) is 45.1 Å². The lowest BCUT2D eigenvalue weighted by Gasteiger charge is -2.36. The maximum absolute atomic E-state index is 13.5. The zero-order valence-electron chi connectivity index (χ0n) is 27.1. The van der Waals surface area contributed by atoms with Crippen LogP contribution in [0.15, 0.2) is 29.6 Å². The maximum atomic E-state index is 13.5. The molecule has 0 atom stereocenters. The number of esters is 2. The second-order valence-electron chi connectivity index (χ2n) is 14.0. The predicted octanol–water partition coefficient (Wildman–Crippen LogP) is 7.55. The Morgan fingerprint density at radius 3 is 2.02 bits per heavy atom. The molecule has 1 amide bonds. The van der Waals surface area contributed by atoms with E-state index < -0.39 is 31.5 Å². The van der Waals surface area contributed by atoms with Crippen LogP contribution in [0.3, 0.4) is 0 Å². The molecule has 1 aromatic carbocycles. The van der Waals surface area contributed by atoms with E-state index in [1.54, 1.807) is 50.9 Å². The first-order chi connectivity index (χ1) is 19.0. The fraction of sp³-hybridized carbons (Fsp3) is 0.581. The molecule has 0 radical (unpaired) electrons. The predicted molar refractivity (Wildman–Crippen MR) is 173 cm³/mol. The molecule has 0 N–H and O–H groups in total. The summed E-state index contributed by atoms with van der Waals surface area (Å²) in [6, 6.07) is 7.07. The minimum atomic E-state index is -2.06. The van der Waals surface area contributed by atoms with Crippen LogP contribution in [0.5, 0.6) is 5.75 Å². The van der Waals surface area contributed by atoms with Crippen molar-refractivity contribution in [2.24, 2.45) is 0 Å². The average molecular weight is 639 g/mol. The summed E-state index contributed by atoms with van der Waals surface area (Å²) in [5.41, 5.74) is 0.0313. The molecule has 1 heterocycles. The first kappa shape index (κ1) is 35.8. The van der Waals surface area contributed by atoms with Gasteiger partial charge in [-0.25, -0.2) is 4.79 Å². The van der Waals surface area contributed by atoms with Crippen LogP contribution >= 0.6 is 22.9 Å². The number of halogens is 1. The van der Waals surface area contributed by atoms with Gasteiger partial charge in [-0.05, 0) is 94.9 Å². The van der Waals surface area contributed by atoms with Gasteiger partial charge in [-0.15, -0.1) is 11.3 Å². The summed E-state index contributed by atoms with van der Waals surface area (Å²) in [6.45, 7) is 21.7. The van der Waals surface area contributed by atoms with Crippen molar-refractivity contribution in [1.29, 1.82) is 0 Å². The standard InChI is InChI=1S/C31H47ClN2O6SSi/c1-29(2,3)38-27(36)19-34(17-21-15-25(41-20-21)28(37)39-30(4,5)6)18-26(35)33(10)24-14-13-22(16-23(24)32)40-42(11,12)31(7,8)9/h13-16,20H,17-19H2,1-12H3. The molecular weight excluding hydrogens is 592 g/mol. The van der Waals surface area contributed by atoms with Gasteiger partial charge in [0.1, 0.15) is 21.8 Å². The molecule has 0 saturated heterocycles. The number of hydrogen-bond donors (Lipinski definition) is 0. The summed E-state index contributed by atoms with van der Waals surface area (Å²) in [6.07, 6.45) is 0. The number of nitrogens with zero attached hydrogens (tertiary/aromatic N) is 2. The largest absolute Gasteiger partial charge is 0.543 e. The van der Waals surface area contributed by atoms with Gasteiger partial charge in [0, 0.05) is 13.6 Å². The molecule has 2 rings (SSSR count). The highest BCUT2D eigenvalue weighted by Crippen LogP contribution is 2.39. The summed E-state index contributed by atoms with van der Waals surface area (Å²) in [7, 11) is -0.415. The number of carbonyl (C=O) groups excluding carboxylic acids is 3. The molecule has 0 fully saturated rings. The molecule has 234 valence electrons. The van der Waals surface area contributed by atoms with Crippen LogP contribution in [0.2, 0.25) is 23.2 Å². The zero-order valence-corrected chi connectivity index (χ0v) is 29.7. The van der Waals surface area contributed by atoms with E-state index in [1.165, 1.54) is 16.2 Å². The Morgan fingerprint density at radius 1 is 0.905 bits per heavy atom. The molecule has 0 aliphatic carbocycles. The topological polar surface area (TPSA) is 85.4 Å². The second kappa shape index (κ2) is 13.5. The van der Waals surface area contributed by atoms with Crippen LogP contribution in [-0.2, 0) is 25.6 Å². The quantitative estimate of drug-likeness (QED) is 0.196. The highest BCUT2D eigenvalue weighted by Gasteiger charge is 2.39. The third-order valence-electron chi connectivity index (χ3n) is 6.63. The van der Waals surface area contributed by atoms with Gasteiger partial charge in [0.25, 0.3) is 0 Å². The van der Waals surface area contributed by atoms with E-state index in [1.807, 2.05) is 32.2 Å². The Bertz CT molecular complexity index is 1270. The number of carbonyl (C=O) groups is 3. The third-order valence-corrected chi connectivity index (χ3v) is 12.2. The Hall–Kier alpha value is -2.40. The molecule has 0 spiro atoms. The van der Waals surface area contributed by atoms with Gasteiger partial charge in [-0.2, -0.15) is 0 Å². The number of likely N-dealkylation sites (N-methyl/N-ethyl adjacent to an activating group) is 1. The Labute approximate surface area is 261 Å². The molecule has 42 heavy (non-hydrogen) atoms. The fourth-order valence-corrected chi connectivity index (χ4v) is 5.68. The minimum Gasteiger partial charge on any atom is -0.543 e. The van der Waals surface area contributed by atoms with Gasteiger partial charge in [0.15, 0.2) is 0 Å². The van der Waals surface area contributed by atoms with Crippen molar-refractivity contribution < 1.29 is 28.3 Å². The normalized spacial score (nSPS) is 12.7. The van der Waals surface area contributed by atoms with Gasteiger partial charge in [0.2, 0.25) is 14.2 Å². The van der Waals surface area contributed by atoms with E-state index in [0.29, 0.717) is 21.3 Å². The van der Waals surface area contributed by atoms with E-state index in [-0.39, 0.29) is 30.6 Å². The number of anilines is 1. The molecule has 0 unspecified atom stereocenters. The van der Waals surface area contributed by atoms with Crippen LogP contribution < -0.4 is 9.33 Å². The van der Waals surface area contributed by atoms with Gasteiger partial charge < -0.3 is 18.8 Å². The summed E-state index contributed by atoms with van der Waals surface area (Å²) in [5.74, 6) is -0.461. The molecule has 1 aromatic heterocycles. The second-order valence-corrected chi connectivity index (χ2v) is 20.0. The summed E-state index contributed by atoms with van der Waals surface area (Å²) in [4.78, 5) is 42.3. The van der Waals surface area contributed by atoms with Crippen molar-refractivity contribution in [3.8, 4) is 5.75 Å². The number of rotatable bonds is 10. The van der Waals surface area contributed by atoms with Gasteiger partial charge >= 0.3 is 11.9 Å². The number of thiophene rings is 1. The molecule has 0 saturated carbocycles. The SMILES string of the molecule is CN(C(=O)CN(CC(=O)OC(C)(C)C)Cc1csc(C(=O)OC(C)(C)C)c1)c1ccc(O[Si](C)(C)C(C)(C)C)cc1Cl. The molecule has 2 aromatic rings. The van der Waals surface area contributed by atoms with Crippen molar-refractivity contribution in [2.75, 3.05) is 25.0 Å². The van der Waals surface area contributed by atoms with Crippen molar-refractivity contribution in [2.45, 2.75) is 98.2 Å². The Balaban J connectivity index is 2.23. The van der Waals surface area contributed by atoms with Crippen LogP contribution in [0.1, 0.15) is 77.5 Å². The lowest BCUT2D eigenvalue weighted by molar-refractivity contribution is -0.156. The average Bonchev–Trinajstić information content (AvgIpc) is 3.24. The molecule has 8 nitrogen and oxygen atoms in total. The molecule has 0 aliphatic heterocycles. The third kappa shape index (κ3) is 11.0. The zero-order chi connectivity index (χ0) is 32.3. The van der Waals surface area contributed by atoms with Crippen LogP contribution in [0, 0.1) is 0 Å². The van der Waals surface area contributed by atoms with Crippen molar-refractivity contribution in [1.82, 2.24) is 4.90 Å². The smallest absolute Gasteiger partial charge is 0.348 e. The van der Waals surface area contributed by atoms with Gasteiger partial charge in [0.05, 0.1) is 23.8 Å². The van der Waals surface area contributed by atoms with Gasteiger partial charge in [-0.3, -0.25) is 14.5 Å². The highest BCUT2D eigenvalue weighted by atomic mass is 35.5. The molecular formula is C31H47ClN2O6SSi. The Morgan fingerprint density at radius 2 is 1.50 bits per heavy atom. The first-order valence-electron chi connectivity index (χ1n) is 14.0. The van der Waals surface area contributed by atoms with E-state index >= 15 is 0 Å². The fourth-order valence-electron chi connectivity index (χ4n) is 3.58. The van der Waals surface area contributed by atoms with E-state index in [0.717, 1.165) is 5.56 Å². The molecule has 0 aliphatic rings. The highest BCUT2D eigenvalue weighted by molar-refractivity contribution is 7.12. The minimum absolute atomic E-state index is 0.0264. The summed E-state index contributed by atoms with van der Waals surface area (Å²) in [5, 5.41) is 2.24. The number of benzene rings is 1. The van der Waals surface area contributed by atoms with E-state index in [9.17, 15) is 14.4 Å². The summed E-state index contributed by atoms with van der Waals surface area (Å²) < 4.78 is 17.4. The number of ether oxygens (including phenoxy) is 2. The number of hydrogen-bond acceptors (Lipinski definition) is 8. The van der Waals surface area contributed by atoms with Crippen molar-refractivity contribution >= 4 is 54.8 Å². The van der Waals surface area contributed by atoms with Crippen LogP contribution in [-0.4, -0.2) is 62.4 Å². The maximum Gasteiger partial charge on any atom is 0.348 e. The van der Waals surface area contributed by atoms with Crippen LogP contribution in [0.25, 0.3) is 0 Å². The van der Waals surface area contributed by atoms with Crippen molar-refractivity contribution in [3.63, 3.8) is 0 Å². The lowest BCUT2D eigenvalue weighted by atomic mass is 10.2. The van der Waals surface area contributed by atoms with E-state index in [2.05, 4.69) is 33.9 Å². The number of amides is 1. The molecule has 0 bridgehead atoms. The Kier molecular flexibility index (Phi) is 11.5. The summed E-state index contributed by atoms with van der Waals surface area (Å²) >= 11 is 7.88. The lowest BCUT2D eigenvalue weighted by Crippen LogP contribution is -2.43. The van der Waals surface area contributed by atoms with E-state index in [4.69, 9.17) is 25.5 Å². The first-order valence-corrected chi connectivity index (χ1v) is 18.1.